The number of imidazole rings is 1. The van der Waals surface area contributed by atoms with E-state index in [1.165, 1.54) is 0 Å². The highest BCUT2D eigenvalue weighted by Gasteiger charge is 2.21. The van der Waals surface area contributed by atoms with Crippen LogP contribution in [0.4, 0.5) is 0 Å². The fraction of sp³-hybridized carbons (Fsp3) is 0.250. The van der Waals surface area contributed by atoms with Gasteiger partial charge in [-0.15, -0.1) is 0 Å². The van der Waals surface area contributed by atoms with Gasteiger partial charge in [-0.25, -0.2) is 4.98 Å². The summed E-state index contributed by atoms with van der Waals surface area (Å²) >= 11 is 3.37. The average Bonchev–Trinajstić information content (AvgIpc) is 3.00. The van der Waals surface area contributed by atoms with Crippen LogP contribution in [0, 0.1) is 0 Å². The van der Waals surface area contributed by atoms with E-state index in [4.69, 9.17) is 4.74 Å². The number of nitrogens with one attached hydrogen (secondary N) is 1. The molecule has 0 aliphatic carbocycles. The van der Waals surface area contributed by atoms with E-state index in [0.29, 0.717) is 18.0 Å². The third kappa shape index (κ3) is 4.36. The van der Waals surface area contributed by atoms with Crippen LogP contribution in [0.2, 0.25) is 0 Å². The Morgan fingerprint density at radius 1 is 1.22 bits per heavy atom. The smallest absolute Gasteiger partial charge is 0.326 e. The van der Waals surface area contributed by atoms with Crippen molar-refractivity contribution in [2.75, 3.05) is 6.61 Å². The number of aromatic nitrogens is 2. The van der Waals surface area contributed by atoms with Gasteiger partial charge >= 0.3 is 5.97 Å². The molecule has 0 spiro atoms. The summed E-state index contributed by atoms with van der Waals surface area (Å²) in [7, 11) is 0. The molecule has 0 bridgehead atoms. The van der Waals surface area contributed by atoms with Gasteiger partial charge in [-0.05, 0) is 44.2 Å². The first-order chi connectivity index (χ1) is 13.0. The Labute approximate surface area is 165 Å². The highest BCUT2D eigenvalue weighted by molar-refractivity contribution is 9.10. The van der Waals surface area contributed by atoms with E-state index in [0.717, 1.165) is 15.5 Å². The number of nitrogens with zero attached hydrogens (tertiary/aromatic N) is 2. The second-order valence-corrected chi connectivity index (χ2v) is 6.97. The second-order valence-electron chi connectivity index (χ2n) is 6.06. The minimum Gasteiger partial charge on any atom is -0.465 e. The van der Waals surface area contributed by atoms with Gasteiger partial charge in [0, 0.05) is 10.0 Å². The summed E-state index contributed by atoms with van der Waals surface area (Å²) in [5.74, 6) is 0.0542. The number of hydrogen-bond acceptors (Lipinski definition) is 4. The lowest BCUT2D eigenvalue weighted by atomic mass is 10.2. The van der Waals surface area contributed by atoms with Crippen LogP contribution in [0.15, 0.2) is 53.0 Å². The lowest BCUT2D eigenvalue weighted by Gasteiger charge is -2.16. The fourth-order valence-corrected chi connectivity index (χ4v) is 3.30. The molecule has 1 aromatic heterocycles. The summed E-state index contributed by atoms with van der Waals surface area (Å²) in [5.41, 5.74) is 2.13. The van der Waals surface area contributed by atoms with Crippen molar-refractivity contribution in [3.8, 4) is 0 Å². The van der Waals surface area contributed by atoms with Crippen LogP contribution in [0.25, 0.3) is 11.0 Å². The predicted molar refractivity (Wildman–Crippen MR) is 106 cm³/mol. The Bertz CT molecular complexity index is 984. The van der Waals surface area contributed by atoms with Gasteiger partial charge in [0.2, 0.25) is 0 Å². The molecule has 0 aliphatic rings. The number of benzene rings is 2. The van der Waals surface area contributed by atoms with Gasteiger partial charge < -0.3 is 14.6 Å². The van der Waals surface area contributed by atoms with Crippen LogP contribution in [0.5, 0.6) is 0 Å². The van der Waals surface area contributed by atoms with E-state index in [2.05, 4.69) is 26.2 Å². The zero-order valence-electron chi connectivity index (χ0n) is 15.1. The number of halogens is 1. The summed E-state index contributed by atoms with van der Waals surface area (Å²) in [6.45, 7) is 3.97. The van der Waals surface area contributed by atoms with Crippen LogP contribution in [-0.2, 0) is 16.1 Å². The van der Waals surface area contributed by atoms with E-state index in [9.17, 15) is 9.59 Å². The van der Waals surface area contributed by atoms with Crippen molar-refractivity contribution in [1.82, 2.24) is 14.9 Å². The van der Waals surface area contributed by atoms with Crippen molar-refractivity contribution in [1.29, 1.82) is 0 Å². The Morgan fingerprint density at radius 3 is 2.74 bits per heavy atom. The number of ether oxygens (including phenoxy) is 1. The third-order valence-corrected chi connectivity index (χ3v) is 4.59. The first-order valence-electron chi connectivity index (χ1n) is 8.66. The van der Waals surface area contributed by atoms with Gasteiger partial charge in [0.05, 0.1) is 23.7 Å². The first kappa shape index (κ1) is 19.1. The van der Waals surface area contributed by atoms with Gasteiger partial charge in [-0.1, -0.05) is 34.1 Å². The maximum absolute atomic E-state index is 12.6. The Hall–Kier alpha value is -2.67. The van der Waals surface area contributed by atoms with E-state index in [1.54, 1.807) is 29.7 Å². The van der Waals surface area contributed by atoms with Crippen LogP contribution in [0.1, 0.15) is 36.1 Å². The van der Waals surface area contributed by atoms with Crippen LogP contribution in [-0.4, -0.2) is 28.0 Å². The van der Waals surface area contributed by atoms with E-state index in [-0.39, 0.29) is 18.4 Å². The lowest BCUT2D eigenvalue weighted by molar-refractivity contribution is -0.143. The van der Waals surface area contributed by atoms with Gasteiger partial charge in [0.15, 0.2) is 0 Å². The zero-order valence-corrected chi connectivity index (χ0v) is 16.7. The highest BCUT2D eigenvalue weighted by atomic mass is 79.9. The maximum Gasteiger partial charge on any atom is 0.326 e. The Balaban J connectivity index is 1.90. The number of rotatable bonds is 6. The quantitative estimate of drug-likeness (QED) is 0.603. The van der Waals surface area contributed by atoms with Gasteiger partial charge in [0.1, 0.15) is 12.4 Å². The van der Waals surface area contributed by atoms with Crippen molar-refractivity contribution in [3.05, 3.63) is 64.4 Å². The van der Waals surface area contributed by atoms with E-state index < -0.39 is 6.04 Å². The molecule has 0 saturated heterocycles. The van der Waals surface area contributed by atoms with E-state index >= 15 is 0 Å². The number of carbonyl (C=O) groups is 2. The minimum absolute atomic E-state index is 0.0424. The maximum atomic E-state index is 12.6. The monoisotopic (exact) mass is 429 g/mol. The van der Waals surface area contributed by atoms with Crippen molar-refractivity contribution < 1.29 is 14.3 Å². The van der Waals surface area contributed by atoms with Crippen molar-refractivity contribution in [2.24, 2.45) is 0 Å². The molecule has 6 nitrogen and oxygen atoms in total. The van der Waals surface area contributed by atoms with Crippen molar-refractivity contribution >= 4 is 38.8 Å². The average molecular weight is 430 g/mol. The third-order valence-electron chi connectivity index (χ3n) is 4.10. The predicted octanol–water partition coefficient (Wildman–Crippen LogP) is 3.85. The molecule has 0 radical (unpaired) electrons. The van der Waals surface area contributed by atoms with Gasteiger partial charge in [0.25, 0.3) is 5.91 Å². The number of fused-ring (bicyclic) bond motifs is 1. The van der Waals surface area contributed by atoms with Crippen LogP contribution >= 0.6 is 15.9 Å². The number of esters is 1. The second kappa shape index (κ2) is 8.35. The molecule has 1 amide bonds. The molecule has 27 heavy (non-hydrogen) atoms. The topological polar surface area (TPSA) is 73.2 Å². The van der Waals surface area contributed by atoms with Crippen LogP contribution < -0.4 is 5.32 Å². The molecule has 0 aliphatic heterocycles. The summed E-state index contributed by atoms with van der Waals surface area (Å²) < 4.78 is 7.70. The van der Waals surface area contributed by atoms with E-state index in [1.807, 2.05) is 37.3 Å². The molecule has 3 rings (SSSR count). The number of hydrogen-bond donors (Lipinski definition) is 1. The fourth-order valence-electron chi connectivity index (χ4n) is 2.90. The molecule has 0 fully saturated rings. The van der Waals surface area contributed by atoms with Gasteiger partial charge in [-0.3, -0.25) is 9.59 Å². The van der Waals surface area contributed by atoms with Crippen LogP contribution in [0.3, 0.4) is 0 Å². The molecule has 1 heterocycles. The van der Waals surface area contributed by atoms with Crippen molar-refractivity contribution in [3.63, 3.8) is 0 Å². The molecular weight excluding hydrogens is 410 g/mol. The Kier molecular flexibility index (Phi) is 5.91. The molecule has 1 atom stereocenters. The molecule has 2 aromatic carbocycles. The van der Waals surface area contributed by atoms with Crippen molar-refractivity contribution in [2.45, 2.75) is 26.4 Å². The van der Waals surface area contributed by atoms with Gasteiger partial charge in [-0.2, -0.15) is 0 Å². The zero-order chi connectivity index (χ0) is 19.4. The largest absolute Gasteiger partial charge is 0.465 e. The molecule has 0 saturated carbocycles. The normalized spacial score (nSPS) is 12.0. The molecular formula is C20H20BrN3O3. The summed E-state index contributed by atoms with van der Waals surface area (Å²) in [6, 6.07) is 14.3. The number of amides is 1. The Morgan fingerprint density at radius 2 is 2.00 bits per heavy atom. The highest BCUT2D eigenvalue weighted by Crippen LogP contribution is 2.21. The SMILES string of the molecule is CCOC(=O)Cn1c(C(C)NC(=O)c2cccc(Br)c2)nc2ccccc21. The molecule has 1 N–H and O–H groups in total. The standard InChI is InChI=1S/C20H20BrN3O3/c1-3-27-18(25)12-24-17-10-5-4-9-16(17)23-19(24)13(2)22-20(26)14-7-6-8-15(21)11-14/h4-11,13H,3,12H2,1-2H3,(H,22,26). The number of para-hydroxylation sites is 2. The lowest BCUT2D eigenvalue weighted by Crippen LogP contribution is -2.29. The summed E-state index contributed by atoms with van der Waals surface area (Å²) in [4.78, 5) is 29.2. The minimum atomic E-state index is -0.390. The summed E-state index contributed by atoms with van der Waals surface area (Å²) in [6.07, 6.45) is 0. The number of carbonyl (C=O) groups excluding carboxylic acids is 2. The molecule has 140 valence electrons. The molecule has 7 heteroatoms. The molecule has 1 unspecified atom stereocenters. The summed E-state index contributed by atoms with van der Waals surface area (Å²) in [5, 5.41) is 2.95. The first-order valence-corrected chi connectivity index (χ1v) is 9.46. The molecule has 3 aromatic rings.